The fourth-order valence-corrected chi connectivity index (χ4v) is 3.78. The average molecular weight is 333 g/mol. The summed E-state index contributed by atoms with van der Waals surface area (Å²) < 4.78 is 7.16. The Balaban J connectivity index is 1.68. The second-order valence-corrected chi connectivity index (χ2v) is 6.62. The van der Waals surface area contributed by atoms with E-state index in [4.69, 9.17) is 4.74 Å². The Morgan fingerprint density at radius 3 is 2.83 bits per heavy atom. The van der Waals surface area contributed by atoms with Crippen LogP contribution < -0.4 is 0 Å². The van der Waals surface area contributed by atoms with Gasteiger partial charge in [-0.2, -0.15) is 0 Å². The van der Waals surface area contributed by atoms with Gasteiger partial charge in [0, 0.05) is 45.7 Å². The Morgan fingerprint density at radius 1 is 1.22 bits per heavy atom. The zero-order chi connectivity index (χ0) is 16.1. The number of amides is 1. The molecule has 3 rings (SSSR count). The molecule has 0 radical (unpaired) electrons. The number of hydrogen-bond acceptors (Lipinski definition) is 4. The monoisotopic (exact) mass is 333 g/mol. The maximum Gasteiger partial charge on any atom is 0.266 e. The zero-order valence-corrected chi connectivity index (χ0v) is 14.3. The van der Waals surface area contributed by atoms with Crippen LogP contribution in [0.3, 0.4) is 0 Å². The molecule has 2 aromatic rings. The van der Waals surface area contributed by atoms with E-state index in [0.717, 1.165) is 56.3 Å². The molecule has 124 valence electrons. The number of ether oxygens (including phenoxy) is 1. The lowest BCUT2D eigenvalue weighted by Crippen LogP contribution is -2.36. The molecule has 0 spiro atoms. The quantitative estimate of drug-likeness (QED) is 0.843. The van der Waals surface area contributed by atoms with Gasteiger partial charge in [-0.1, -0.05) is 0 Å². The summed E-state index contributed by atoms with van der Waals surface area (Å²) in [6, 6.07) is 5.97. The van der Waals surface area contributed by atoms with Gasteiger partial charge < -0.3 is 14.2 Å². The van der Waals surface area contributed by atoms with Crippen LogP contribution in [0.25, 0.3) is 5.69 Å². The van der Waals surface area contributed by atoms with Crippen LogP contribution in [-0.4, -0.2) is 66.7 Å². The summed E-state index contributed by atoms with van der Waals surface area (Å²) >= 11 is 1.53. The van der Waals surface area contributed by atoms with Crippen molar-refractivity contribution < 1.29 is 9.53 Å². The minimum Gasteiger partial charge on any atom is -0.383 e. The Labute approximate surface area is 141 Å². The SMILES string of the molecule is COCCN1CCCN(C(=O)c2sccc2-n2cccc2)CC1. The number of thiophene rings is 1. The van der Waals surface area contributed by atoms with Gasteiger partial charge in [0.25, 0.3) is 5.91 Å². The second kappa shape index (κ2) is 7.77. The van der Waals surface area contributed by atoms with E-state index in [1.54, 1.807) is 7.11 Å². The predicted octanol–water partition coefficient (Wildman–Crippen LogP) is 2.33. The van der Waals surface area contributed by atoms with Crippen molar-refractivity contribution in [1.82, 2.24) is 14.4 Å². The molecule has 6 heteroatoms. The third-order valence-electron chi connectivity index (χ3n) is 4.21. The van der Waals surface area contributed by atoms with Crippen molar-refractivity contribution in [3.8, 4) is 5.69 Å². The number of aromatic nitrogens is 1. The number of methoxy groups -OCH3 is 1. The van der Waals surface area contributed by atoms with E-state index in [1.807, 2.05) is 45.4 Å². The first-order valence-corrected chi connectivity index (χ1v) is 8.89. The second-order valence-electron chi connectivity index (χ2n) is 5.71. The molecule has 5 nitrogen and oxygen atoms in total. The maximum absolute atomic E-state index is 12.9. The molecular weight excluding hydrogens is 310 g/mol. The molecule has 1 amide bonds. The largest absolute Gasteiger partial charge is 0.383 e. The molecule has 1 saturated heterocycles. The molecule has 0 aromatic carbocycles. The van der Waals surface area contributed by atoms with Crippen molar-refractivity contribution in [2.45, 2.75) is 6.42 Å². The molecule has 0 atom stereocenters. The van der Waals surface area contributed by atoms with Crippen LogP contribution in [0, 0.1) is 0 Å². The van der Waals surface area contributed by atoms with Crippen LogP contribution >= 0.6 is 11.3 Å². The number of carbonyl (C=O) groups is 1. The average Bonchev–Trinajstić information content (AvgIpc) is 3.19. The highest BCUT2D eigenvalue weighted by molar-refractivity contribution is 7.12. The Kier molecular flexibility index (Phi) is 5.48. The van der Waals surface area contributed by atoms with Gasteiger partial charge in [-0.3, -0.25) is 9.69 Å². The summed E-state index contributed by atoms with van der Waals surface area (Å²) in [6.07, 6.45) is 4.97. The van der Waals surface area contributed by atoms with Crippen LogP contribution in [0.4, 0.5) is 0 Å². The van der Waals surface area contributed by atoms with Crippen LogP contribution in [0.5, 0.6) is 0 Å². The standard InChI is InChI=1S/C17H23N3O2S/c1-22-13-12-18-6-4-9-20(11-10-18)17(21)16-15(5-14-23-16)19-7-2-3-8-19/h2-3,5,7-8,14H,4,6,9-13H2,1H3. The number of nitrogens with zero attached hydrogens (tertiary/aromatic N) is 3. The van der Waals surface area contributed by atoms with Crippen molar-refractivity contribution in [1.29, 1.82) is 0 Å². The normalized spacial score (nSPS) is 16.5. The zero-order valence-electron chi connectivity index (χ0n) is 13.5. The fraction of sp³-hybridized carbons (Fsp3) is 0.471. The summed E-state index contributed by atoms with van der Waals surface area (Å²) in [5.74, 6) is 0.150. The highest BCUT2D eigenvalue weighted by Crippen LogP contribution is 2.23. The number of carbonyl (C=O) groups excluding carboxylic acids is 1. The van der Waals surface area contributed by atoms with E-state index in [0.29, 0.717) is 0 Å². The predicted molar refractivity (Wildman–Crippen MR) is 92.5 cm³/mol. The molecule has 3 heterocycles. The molecule has 1 aliphatic heterocycles. The number of hydrogen-bond donors (Lipinski definition) is 0. The van der Waals surface area contributed by atoms with Gasteiger partial charge in [-0.05, 0) is 36.5 Å². The topological polar surface area (TPSA) is 37.7 Å². The lowest BCUT2D eigenvalue weighted by molar-refractivity contribution is 0.0764. The van der Waals surface area contributed by atoms with Gasteiger partial charge in [-0.25, -0.2) is 0 Å². The van der Waals surface area contributed by atoms with Gasteiger partial charge in [-0.15, -0.1) is 11.3 Å². The molecule has 0 unspecified atom stereocenters. The van der Waals surface area contributed by atoms with E-state index in [9.17, 15) is 4.79 Å². The van der Waals surface area contributed by atoms with Gasteiger partial charge in [0.2, 0.25) is 0 Å². The van der Waals surface area contributed by atoms with Gasteiger partial charge >= 0.3 is 0 Å². The molecule has 0 aliphatic carbocycles. The maximum atomic E-state index is 12.9. The van der Waals surface area contributed by atoms with Crippen molar-refractivity contribution in [2.24, 2.45) is 0 Å². The van der Waals surface area contributed by atoms with Gasteiger partial charge in [0.05, 0.1) is 12.3 Å². The van der Waals surface area contributed by atoms with E-state index in [2.05, 4.69) is 4.90 Å². The fourth-order valence-electron chi connectivity index (χ4n) is 2.92. The minimum absolute atomic E-state index is 0.150. The summed E-state index contributed by atoms with van der Waals surface area (Å²) in [5.41, 5.74) is 0.977. The van der Waals surface area contributed by atoms with Crippen LogP contribution in [-0.2, 0) is 4.74 Å². The van der Waals surface area contributed by atoms with E-state index < -0.39 is 0 Å². The molecule has 0 bridgehead atoms. The Hall–Kier alpha value is -1.63. The summed E-state index contributed by atoms with van der Waals surface area (Å²) in [4.78, 5) is 18.1. The highest BCUT2D eigenvalue weighted by Gasteiger charge is 2.23. The highest BCUT2D eigenvalue weighted by atomic mass is 32.1. The Bertz CT molecular complexity index is 624. The number of rotatable bonds is 5. The smallest absolute Gasteiger partial charge is 0.266 e. The molecule has 1 aliphatic rings. The van der Waals surface area contributed by atoms with Crippen LogP contribution in [0.1, 0.15) is 16.1 Å². The molecular formula is C17H23N3O2S. The molecule has 2 aromatic heterocycles. The lowest BCUT2D eigenvalue weighted by atomic mass is 10.3. The first kappa shape index (κ1) is 16.2. The molecule has 23 heavy (non-hydrogen) atoms. The van der Waals surface area contributed by atoms with Gasteiger partial charge in [0.15, 0.2) is 0 Å². The summed E-state index contributed by atoms with van der Waals surface area (Å²) in [7, 11) is 1.73. The van der Waals surface area contributed by atoms with Crippen molar-refractivity contribution in [3.63, 3.8) is 0 Å². The minimum atomic E-state index is 0.150. The van der Waals surface area contributed by atoms with E-state index in [1.165, 1.54) is 11.3 Å². The molecule has 1 fully saturated rings. The summed E-state index contributed by atoms with van der Waals surface area (Å²) in [5, 5.41) is 1.99. The van der Waals surface area contributed by atoms with Gasteiger partial charge in [0.1, 0.15) is 4.88 Å². The van der Waals surface area contributed by atoms with Crippen LogP contribution in [0.2, 0.25) is 0 Å². The van der Waals surface area contributed by atoms with Crippen molar-refractivity contribution in [2.75, 3.05) is 46.4 Å². The van der Waals surface area contributed by atoms with E-state index in [-0.39, 0.29) is 5.91 Å². The van der Waals surface area contributed by atoms with E-state index >= 15 is 0 Å². The third kappa shape index (κ3) is 3.83. The van der Waals surface area contributed by atoms with Crippen molar-refractivity contribution in [3.05, 3.63) is 40.8 Å². The lowest BCUT2D eigenvalue weighted by Gasteiger charge is -2.22. The first-order chi connectivity index (χ1) is 11.3. The Morgan fingerprint density at radius 2 is 2.04 bits per heavy atom. The third-order valence-corrected chi connectivity index (χ3v) is 5.10. The van der Waals surface area contributed by atoms with Crippen LogP contribution in [0.15, 0.2) is 36.0 Å². The summed E-state index contributed by atoms with van der Waals surface area (Å²) in [6.45, 7) is 5.24. The first-order valence-electron chi connectivity index (χ1n) is 8.01. The van der Waals surface area contributed by atoms with Crippen molar-refractivity contribution >= 4 is 17.2 Å². The molecule has 0 saturated carbocycles. The molecule has 0 N–H and O–H groups in total.